The quantitative estimate of drug-likeness (QED) is 0.854. The Morgan fingerprint density at radius 2 is 1.94 bits per heavy atom. The van der Waals surface area contributed by atoms with Crippen LogP contribution in [0.25, 0.3) is 0 Å². The largest absolute Gasteiger partial charge is 0.453 e. The van der Waals surface area contributed by atoms with Gasteiger partial charge < -0.3 is 9.73 Å². The Labute approximate surface area is 111 Å². The van der Waals surface area contributed by atoms with E-state index >= 15 is 0 Å². The average molecular weight is 298 g/mol. The van der Waals surface area contributed by atoms with E-state index in [0.29, 0.717) is 6.04 Å². The summed E-state index contributed by atoms with van der Waals surface area (Å²) in [5, 5.41) is 3.64. The van der Waals surface area contributed by atoms with Gasteiger partial charge in [0.1, 0.15) is 5.76 Å². The molecule has 0 aromatic carbocycles. The highest BCUT2D eigenvalue weighted by atomic mass is 79.9. The van der Waals surface area contributed by atoms with Gasteiger partial charge >= 0.3 is 0 Å². The number of hydrogen-bond acceptors (Lipinski definition) is 2. The van der Waals surface area contributed by atoms with Crippen LogP contribution in [-0.4, -0.2) is 6.54 Å². The third kappa shape index (κ3) is 2.94. The molecule has 2 nitrogen and oxygen atoms in total. The van der Waals surface area contributed by atoms with Crippen LogP contribution in [0.3, 0.4) is 0 Å². The molecule has 0 spiro atoms. The molecule has 17 heavy (non-hydrogen) atoms. The van der Waals surface area contributed by atoms with Crippen molar-refractivity contribution in [2.75, 3.05) is 6.54 Å². The first-order valence-corrected chi connectivity index (χ1v) is 7.52. The third-order valence-corrected chi connectivity index (χ3v) is 4.56. The monoisotopic (exact) mass is 297 g/mol. The van der Waals surface area contributed by atoms with Gasteiger partial charge in [-0.1, -0.05) is 0 Å². The summed E-state index contributed by atoms with van der Waals surface area (Å²) in [5.41, 5.74) is 0. The van der Waals surface area contributed by atoms with Crippen molar-refractivity contribution in [1.29, 1.82) is 0 Å². The standard InChI is InChI=1S/C14H20BrNO/c1-9(13-6-7-14(15)17-13)16-8-12(10-2-3-10)11-4-5-11/h6-7,9-12,16H,2-5,8H2,1H3. The van der Waals surface area contributed by atoms with Gasteiger partial charge in [0.25, 0.3) is 0 Å². The zero-order valence-electron chi connectivity index (χ0n) is 10.3. The Hall–Kier alpha value is -0.280. The fourth-order valence-corrected chi connectivity index (χ4v) is 3.06. The minimum atomic E-state index is 0.321. The Morgan fingerprint density at radius 3 is 2.41 bits per heavy atom. The minimum absolute atomic E-state index is 0.321. The lowest BCUT2D eigenvalue weighted by Gasteiger charge is -2.19. The van der Waals surface area contributed by atoms with E-state index in [9.17, 15) is 0 Å². The van der Waals surface area contributed by atoms with Crippen molar-refractivity contribution in [3.8, 4) is 0 Å². The molecule has 0 bridgehead atoms. The van der Waals surface area contributed by atoms with E-state index in [4.69, 9.17) is 4.42 Å². The van der Waals surface area contributed by atoms with Crippen LogP contribution in [0.15, 0.2) is 21.2 Å². The molecule has 0 radical (unpaired) electrons. The van der Waals surface area contributed by atoms with Gasteiger partial charge in [0.05, 0.1) is 6.04 Å². The van der Waals surface area contributed by atoms with Crippen LogP contribution >= 0.6 is 15.9 Å². The van der Waals surface area contributed by atoms with Crippen LogP contribution in [0.1, 0.15) is 44.4 Å². The van der Waals surface area contributed by atoms with Gasteiger partial charge in [0.2, 0.25) is 0 Å². The molecular formula is C14H20BrNO. The van der Waals surface area contributed by atoms with E-state index in [2.05, 4.69) is 28.2 Å². The van der Waals surface area contributed by atoms with E-state index < -0.39 is 0 Å². The predicted octanol–water partition coefficient (Wildman–Crippen LogP) is 4.13. The van der Waals surface area contributed by atoms with Crippen molar-refractivity contribution >= 4 is 15.9 Å². The molecule has 3 rings (SSSR count). The SMILES string of the molecule is CC(NCC(C1CC1)C1CC1)c1ccc(Br)o1. The number of hydrogen-bond donors (Lipinski definition) is 1. The van der Waals surface area contributed by atoms with Gasteiger partial charge in [-0.3, -0.25) is 0 Å². The Kier molecular flexibility index (Phi) is 3.31. The maximum absolute atomic E-state index is 5.58. The second-order valence-electron chi connectivity index (χ2n) is 5.61. The van der Waals surface area contributed by atoms with Gasteiger partial charge in [0.15, 0.2) is 4.67 Å². The first-order valence-electron chi connectivity index (χ1n) is 6.72. The zero-order chi connectivity index (χ0) is 11.8. The summed E-state index contributed by atoms with van der Waals surface area (Å²) in [6.07, 6.45) is 5.85. The first-order chi connectivity index (χ1) is 8.24. The molecule has 94 valence electrons. The van der Waals surface area contributed by atoms with Gasteiger partial charge in [-0.25, -0.2) is 0 Å². The topological polar surface area (TPSA) is 25.2 Å². The molecule has 0 saturated heterocycles. The first kappa shape index (κ1) is 11.8. The van der Waals surface area contributed by atoms with Crippen LogP contribution < -0.4 is 5.32 Å². The van der Waals surface area contributed by atoms with Crippen LogP contribution in [0.4, 0.5) is 0 Å². The van der Waals surface area contributed by atoms with E-state index in [-0.39, 0.29) is 0 Å². The molecule has 1 atom stereocenters. The minimum Gasteiger partial charge on any atom is -0.453 e. The maximum Gasteiger partial charge on any atom is 0.169 e. The zero-order valence-corrected chi connectivity index (χ0v) is 11.9. The molecule has 1 aromatic heterocycles. The Bertz CT molecular complexity index is 369. The molecule has 2 fully saturated rings. The lowest BCUT2D eigenvalue weighted by atomic mass is 9.97. The summed E-state index contributed by atoms with van der Waals surface area (Å²) >= 11 is 3.35. The summed E-state index contributed by atoms with van der Waals surface area (Å²) in [7, 11) is 0. The molecule has 2 saturated carbocycles. The predicted molar refractivity (Wildman–Crippen MR) is 71.8 cm³/mol. The van der Waals surface area contributed by atoms with E-state index in [1.54, 1.807) is 0 Å². The molecule has 1 N–H and O–H groups in total. The van der Waals surface area contributed by atoms with Gasteiger partial charge in [-0.2, -0.15) is 0 Å². The highest BCUT2D eigenvalue weighted by Crippen LogP contribution is 2.49. The summed E-state index contributed by atoms with van der Waals surface area (Å²) in [5.74, 6) is 3.99. The lowest BCUT2D eigenvalue weighted by Crippen LogP contribution is -2.27. The number of rotatable bonds is 6. The van der Waals surface area contributed by atoms with Gasteiger partial charge in [-0.05, 0) is 85.0 Å². The molecule has 0 aliphatic heterocycles. The van der Waals surface area contributed by atoms with Crippen LogP contribution in [0.5, 0.6) is 0 Å². The van der Waals surface area contributed by atoms with Crippen LogP contribution in [0, 0.1) is 17.8 Å². The van der Waals surface area contributed by atoms with Gasteiger partial charge in [0, 0.05) is 0 Å². The van der Waals surface area contributed by atoms with Crippen molar-refractivity contribution in [3.63, 3.8) is 0 Å². The molecule has 1 unspecified atom stereocenters. The highest BCUT2D eigenvalue weighted by Gasteiger charge is 2.41. The van der Waals surface area contributed by atoms with Crippen LogP contribution in [-0.2, 0) is 0 Å². The molecule has 3 heteroatoms. The molecule has 0 amide bonds. The molecule has 2 aliphatic rings. The van der Waals surface area contributed by atoms with Crippen molar-refractivity contribution in [3.05, 3.63) is 22.6 Å². The fourth-order valence-electron chi connectivity index (χ4n) is 2.74. The van der Waals surface area contributed by atoms with E-state index in [0.717, 1.165) is 34.7 Å². The second kappa shape index (κ2) is 4.77. The van der Waals surface area contributed by atoms with E-state index in [1.165, 1.54) is 25.7 Å². The van der Waals surface area contributed by atoms with Crippen molar-refractivity contribution in [1.82, 2.24) is 5.32 Å². The van der Waals surface area contributed by atoms with Crippen LogP contribution in [0.2, 0.25) is 0 Å². The average Bonchev–Trinajstić information content (AvgIpc) is 3.20. The summed E-state index contributed by atoms with van der Waals surface area (Å²) in [6.45, 7) is 3.34. The molecule has 1 heterocycles. The Morgan fingerprint density at radius 1 is 1.29 bits per heavy atom. The lowest BCUT2D eigenvalue weighted by molar-refractivity contribution is 0.340. The molecule has 1 aromatic rings. The number of halogens is 1. The highest BCUT2D eigenvalue weighted by molar-refractivity contribution is 9.10. The summed E-state index contributed by atoms with van der Waals surface area (Å²) < 4.78 is 6.41. The van der Waals surface area contributed by atoms with Gasteiger partial charge in [-0.15, -0.1) is 0 Å². The summed E-state index contributed by atoms with van der Waals surface area (Å²) in [6, 6.07) is 4.33. The third-order valence-electron chi connectivity index (χ3n) is 4.14. The normalized spacial score (nSPS) is 22.1. The van der Waals surface area contributed by atoms with Crippen molar-refractivity contribution < 1.29 is 4.42 Å². The number of furan rings is 1. The second-order valence-corrected chi connectivity index (χ2v) is 6.39. The molecule has 2 aliphatic carbocycles. The van der Waals surface area contributed by atoms with E-state index in [1.807, 2.05) is 12.1 Å². The smallest absolute Gasteiger partial charge is 0.169 e. The van der Waals surface area contributed by atoms with Crippen molar-refractivity contribution in [2.45, 2.75) is 38.6 Å². The molecular weight excluding hydrogens is 278 g/mol. The maximum atomic E-state index is 5.58. The fraction of sp³-hybridized carbons (Fsp3) is 0.714. The van der Waals surface area contributed by atoms with Crippen molar-refractivity contribution in [2.24, 2.45) is 17.8 Å². The number of nitrogens with one attached hydrogen (secondary N) is 1. The Balaban J connectivity index is 1.52. The summed E-state index contributed by atoms with van der Waals surface area (Å²) in [4.78, 5) is 0.